The predicted octanol–water partition coefficient (Wildman–Crippen LogP) is 6.69. The number of furan rings is 1. The summed E-state index contributed by atoms with van der Waals surface area (Å²) in [4.78, 5) is 16.7. The highest BCUT2D eigenvalue weighted by molar-refractivity contribution is 7.16. The van der Waals surface area contributed by atoms with Crippen molar-refractivity contribution >= 4 is 28.2 Å². The summed E-state index contributed by atoms with van der Waals surface area (Å²) in [5.41, 5.74) is 2.45. The highest BCUT2D eigenvalue weighted by atomic mass is 32.1. The van der Waals surface area contributed by atoms with Crippen molar-refractivity contribution in [2.45, 2.75) is 40.0 Å². The van der Waals surface area contributed by atoms with E-state index in [0.717, 1.165) is 24.8 Å². The SMILES string of the molecule is CC(C)(C)C1CCc2c(sc(N=Cc3ccc(-c4ccccc4[N+](=O)[O-])o3)c2C#N)C1. The van der Waals surface area contributed by atoms with Crippen LogP contribution in [-0.2, 0) is 12.8 Å². The highest BCUT2D eigenvalue weighted by Crippen LogP contribution is 2.45. The van der Waals surface area contributed by atoms with Gasteiger partial charge >= 0.3 is 0 Å². The average Bonchev–Trinajstić information content (AvgIpc) is 3.35. The maximum atomic E-state index is 11.3. The van der Waals surface area contributed by atoms with E-state index in [0.29, 0.717) is 33.6 Å². The number of nitro benzene ring substituents is 1. The molecule has 0 fully saturated rings. The van der Waals surface area contributed by atoms with Gasteiger partial charge in [-0.1, -0.05) is 32.9 Å². The molecule has 0 amide bonds. The van der Waals surface area contributed by atoms with Crippen LogP contribution in [-0.4, -0.2) is 11.1 Å². The molecule has 0 saturated heterocycles. The molecule has 2 heterocycles. The number of nitro groups is 1. The molecule has 1 aromatic carbocycles. The van der Waals surface area contributed by atoms with Gasteiger partial charge in [-0.15, -0.1) is 11.3 Å². The van der Waals surface area contributed by atoms with Crippen LogP contribution in [0.15, 0.2) is 45.8 Å². The van der Waals surface area contributed by atoms with E-state index >= 15 is 0 Å². The number of nitrogens with zero attached hydrogens (tertiary/aromatic N) is 3. The summed E-state index contributed by atoms with van der Waals surface area (Å²) in [6.45, 7) is 6.81. The van der Waals surface area contributed by atoms with E-state index in [-0.39, 0.29) is 11.1 Å². The van der Waals surface area contributed by atoms with Crippen molar-refractivity contribution in [1.29, 1.82) is 5.26 Å². The van der Waals surface area contributed by atoms with Crippen molar-refractivity contribution < 1.29 is 9.34 Å². The second-order valence-electron chi connectivity index (χ2n) is 8.84. The number of thiophene rings is 1. The van der Waals surface area contributed by atoms with Crippen LogP contribution in [0.1, 0.15) is 49.0 Å². The molecule has 0 radical (unpaired) electrons. The van der Waals surface area contributed by atoms with Gasteiger partial charge in [0.1, 0.15) is 22.6 Å². The van der Waals surface area contributed by atoms with Gasteiger partial charge in [0.2, 0.25) is 0 Å². The third kappa shape index (κ3) is 4.17. The first-order valence-electron chi connectivity index (χ1n) is 10.2. The Labute approximate surface area is 185 Å². The van der Waals surface area contributed by atoms with Gasteiger partial charge in [0, 0.05) is 10.9 Å². The summed E-state index contributed by atoms with van der Waals surface area (Å²) in [5, 5.41) is 21.7. The normalized spacial score (nSPS) is 16.3. The summed E-state index contributed by atoms with van der Waals surface area (Å²) < 4.78 is 5.79. The van der Waals surface area contributed by atoms with Gasteiger partial charge in [-0.25, -0.2) is 4.99 Å². The van der Waals surface area contributed by atoms with E-state index in [2.05, 4.69) is 31.8 Å². The lowest BCUT2D eigenvalue weighted by Gasteiger charge is -2.33. The fourth-order valence-electron chi connectivity index (χ4n) is 4.05. The van der Waals surface area contributed by atoms with Gasteiger partial charge in [0.05, 0.1) is 22.3 Å². The van der Waals surface area contributed by atoms with Crippen molar-refractivity contribution in [2.75, 3.05) is 0 Å². The lowest BCUT2D eigenvalue weighted by Crippen LogP contribution is -2.26. The Bertz CT molecular complexity index is 1210. The molecule has 1 unspecified atom stereocenters. The van der Waals surface area contributed by atoms with Gasteiger partial charge in [-0.3, -0.25) is 10.1 Å². The third-order valence-corrected chi connectivity index (χ3v) is 7.05. The molecular weight excluding hydrogens is 410 g/mol. The second kappa shape index (κ2) is 8.12. The molecule has 0 spiro atoms. The molecule has 1 atom stereocenters. The first-order chi connectivity index (χ1) is 14.8. The first-order valence-corrected chi connectivity index (χ1v) is 11.0. The Kier molecular flexibility index (Phi) is 5.50. The highest BCUT2D eigenvalue weighted by Gasteiger charge is 2.32. The number of aliphatic imine (C=N–C) groups is 1. The third-order valence-electron chi connectivity index (χ3n) is 5.89. The van der Waals surface area contributed by atoms with Gasteiger partial charge in [0.15, 0.2) is 0 Å². The van der Waals surface area contributed by atoms with Crippen LogP contribution in [0.4, 0.5) is 10.7 Å². The van der Waals surface area contributed by atoms with E-state index in [1.54, 1.807) is 47.9 Å². The number of fused-ring (bicyclic) bond motifs is 1. The van der Waals surface area contributed by atoms with Gasteiger partial charge in [0.25, 0.3) is 5.69 Å². The lowest BCUT2D eigenvalue weighted by atomic mass is 9.72. The molecular formula is C24H23N3O3S. The zero-order valence-corrected chi connectivity index (χ0v) is 18.5. The Morgan fingerprint density at radius 2 is 2.06 bits per heavy atom. The van der Waals surface area contributed by atoms with Crippen LogP contribution in [0, 0.1) is 32.8 Å². The van der Waals surface area contributed by atoms with Crippen molar-refractivity contribution in [1.82, 2.24) is 0 Å². The Morgan fingerprint density at radius 1 is 1.29 bits per heavy atom. The predicted molar refractivity (Wildman–Crippen MR) is 122 cm³/mol. The minimum Gasteiger partial charge on any atom is -0.455 e. The molecule has 4 rings (SSSR count). The Morgan fingerprint density at radius 3 is 2.77 bits per heavy atom. The van der Waals surface area contributed by atoms with Crippen LogP contribution < -0.4 is 0 Å². The summed E-state index contributed by atoms with van der Waals surface area (Å²) in [5.74, 6) is 1.49. The van der Waals surface area contributed by atoms with E-state index in [1.165, 1.54) is 10.9 Å². The number of benzene rings is 1. The lowest BCUT2D eigenvalue weighted by molar-refractivity contribution is -0.384. The van der Waals surface area contributed by atoms with Crippen molar-refractivity contribution in [3.8, 4) is 17.4 Å². The molecule has 0 saturated carbocycles. The van der Waals surface area contributed by atoms with E-state index in [9.17, 15) is 15.4 Å². The second-order valence-corrected chi connectivity index (χ2v) is 9.92. The van der Waals surface area contributed by atoms with Crippen LogP contribution in [0.5, 0.6) is 0 Å². The van der Waals surface area contributed by atoms with E-state index < -0.39 is 4.92 Å². The maximum Gasteiger partial charge on any atom is 0.280 e. The van der Waals surface area contributed by atoms with Crippen molar-refractivity contribution in [3.05, 3.63) is 68.3 Å². The number of rotatable bonds is 4. The monoisotopic (exact) mass is 433 g/mol. The summed E-state index contributed by atoms with van der Waals surface area (Å²) >= 11 is 1.58. The van der Waals surface area contributed by atoms with Gasteiger partial charge < -0.3 is 4.42 Å². The Hall–Kier alpha value is -3.24. The van der Waals surface area contributed by atoms with E-state index in [4.69, 9.17) is 4.42 Å². The molecule has 0 N–H and O–H groups in total. The molecule has 31 heavy (non-hydrogen) atoms. The first kappa shape index (κ1) is 21.0. The molecule has 3 aromatic rings. The smallest absolute Gasteiger partial charge is 0.280 e. The van der Waals surface area contributed by atoms with Crippen LogP contribution >= 0.6 is 11.3 Å². The molecule has 1 aliphatic carbocycles. The molecule has 0 aliphatic heterocycles. The van der Waals surface area contributed by atoms with Crippen molar-refractivity contribution in [2.24, 2.45) is 16.3 Å². The average molecular weight is 434 g/mol. The summed E-state index contributed by atoms with van der Waals surface area (Å²) in [6.07, 6.45) is 4.56. The van der Waals surface area contributed by atoms with Gasteiger partial charge in [-0.05, 0) is 54.4 Å². The van der Waals surface area contributed by atoms with Gasteiger partial charge in [-0.2, -0.15) is 5.26 Å². The standard InChI is InChI=1S/C24H23N3O3S/c1-24(2,3)15-8-10-17-19(13-25)23(31-22(17)12-15)26-14-16-9-11-21(30-16)18-6-4-5-7-20(18)27(28)29/h4-7,9,11,14-15H,8,10,12H2,1-3H3. The van der Waals surface area contributed by atoms with Crippen LogP contribution in [0.2, 0.25) is 0 Å². The molecule has 1 aliphatic rings. The maximum absolute atomic E-state index is 11.3. The molecule has 2 aromatic heterocycles. The Balaban J connectivity index is 1.61. The fourth-order valence-corrected chi connectivity index (χ4v) is 5.27. The zero-order valence-electron chi connectivity index (χ0n) is 17.7. The number of nitriles is 1. The minimum atomic E-state index is -0.425. The number of hydrogen-bond donors (Lipinski definition) is 0. The van der Waals surface area contributed by atoms with Crippen LogP contribution in [0.25, 0.3) is 11.3 Å². The van der Waals surface area contributed by atoms with E-state index in [1.807, 2.05) is 0 Å². The zero-order chi connectivity index (χ0) is 22.2. The molecule has 0 bridgehead atoms. The topological polar surface area (TPSA) is 92.4 Å². The van der Waals surface area contributed by atoms with Crippen molar-refractivity contribution in [3.63, 3.8) is 0 Å². The largest absolute Gasteiger partial charge is 0.455 e. The minimum absolute atomic E-state index is 0.00793. The molecule has 158 valence electrons. The summed E-state index contributed by atoms with van der Waals surface area (Å²) in [6, 6.07) is 12.2. The fraction of sp³-hybridized carbons (Fsp3) is 0.333. The molecule has 7 heteroatoms. The summed E-state index contributed by atoms with van der Waals surface area (Å²) in [7, 11) is 0. The quantitative estimate of drug-likeness (QED) is 0.260. The number of para-hydroxylation sites is 1. The van der Waals surface area contributed by atoms with Crippen LogP contribution in [0.3, 0.4) is 0 Å². The number of hydrogen-bond acceptors (Lipinski definition) is 6. The molecule has 6 nitrogen and oxygen atoms in total.